The Bertz CT molecular complexity index is 979. The minimum Gasteiger partial charge on any atom is -0.300 e. The van der Waals surface area contributed by atoms with Gasteiger partial charge in [-0.3, -0.25) is 20.2 Å². The number of aromatic nitrogens is 4. The van der Waals surface area contributed by atoms with E-state index in [0.29, 0.717) is 9.47 Å². The highest BCUT2D eigenvalue weighted by Gasteiger charge is 2.15. The fourth-order valence-corrected chi connectivity index (χ4v) is 5.07. The van der Waals surface area contributed by atoms with Crippen LogP contribution >= 0.6 is 46.2 Å². The number of amides is 2. The van der Waals surface area contributed by atoms with Crippen LogP contribution in [0.2, 0.25) is 0 Å². The van der Waals surface area contributed by atoms with Crippen molar-refractivity contribution in [3.05, 3.63) is 35.6 Å². The lowest BCUT2D eigenvalue weighted by atomic mass is 10.2. The second-order valence-corrected chi connectivity index (χ2v) is 9.64. The van der Waals surface area contributed by atoms with Crippen LogP contribution in [0.15, 0.2) is 32.9 Å². The number of halogens is 1. The maximum Gasteiger partial charge on any atom is 0.260 e. The lowest BCUT2D eigenvalue weighted by Crippen LogP contribution is -2.13. The minimum absolute atomic E-state index is 0.0797. The van der Waals surface area contributed by atoms with Crippen LogP contribution in [0.4, 0.5) is 14.7 Å². The first kappa shape index (κ1) is 20.6. The molecule has 2 amide bonds. The molecule has 1 aromatic carbocycles. The van der Waals surface area contributed by atoms with Crippen LogP contribution in [-0.2, 0) is 4.79 Å². The fraction of sp³-hybridized carbons (Fsp3) is 0.200. The minimum atomic E-state index is -0.618. The summed E-state index contributed by atoms with van der Waals surface area (Å²) in [6, 6.07) is 5.66. The molecular formula is C15H13FN6O2S4. The van der Waals surface area contributed by atoms with Crippen molar-refractivity contribution in [2.75, 3.05) is 22.1 Å². The van der Waals surface area contributed by atoms with Crippen molar-refractivity contribution in [1.29, 1.82) is 0 Å². The molecule has 0 bridgehead atoms. The normalized spacial score (nSPS) is 10.6. The van der Waals surface area contributed by atoms with Crippen LogP contribution in [-0.4, -0.2) is 43.7 Å². The summed E-state index contributed by atoms with van der Waals surface area (Å²) >= 11 is 5.14. The number of rotatable bonds is 8. The molecule has 2 aromatic heterocycles. The Morgan fingerprint density at radius 3 is 2.32 bits per heavy atom. The number of thioether (sulfide) groups is 2. The molecule has 0 saturated heterocycles. The molecule has 2 N–H and O–H groups in total. The predicted molar refractivity (Wildman–Crippen MR) is 110 cm³/mol. The molecule has 3 rings (SSSR count). The summed E-state index contributed by atoms with van der Waals surface area (Å²) < 4.78 is 14.9. The summed E-state index contributed by atoms with van der Waals surface area (Å²) in [4.78, 5) is 24.1. The Morgan fingerprint density at radius 2 is 1.64 bits per heavy atom. The van der Waals surface area contributed by atoms with Gasteiger partial charge in [-0.25, -0.2) is 4.39 Å². The van der Waals surface area contributed by atoms with Gasteiger partial charge in [0.05, 0.1) is 11.3 Å². The Morgan fingerprint density at radius 1 is 1.00 bits per heavy atom. The standard InChI is InChI=1S/C15H13FN6O2S4/c1-2-25-14-21-19-12(27-14)17-10(23)7-26-15-22-20-13(28-15)18-11(24)8-5-3-4-6-9(8)16/h3-6H,2,7H2,1H3,(H,17,19,23)(H,18,20,24). The molecule has 0 aliphatic rings. The Balaban J connectivity index is 1.49. The zero-order valence-corrected chi connectivity index (χ0v) is 17.6. The monoisotopic (exact) mass is 456 g/mol. The third-order valence-electron chi connectivity index (χ3n) is 2.99. The topological polar surface area (TPSA) is 110 Å². The molecule has 0 fully saturated rings. The third kappa shape index (κ3) is 5.70. The van der Waals surface area contributed by atoms with E-state index in [1.165, 1.54) is 41.3 Å². The predicted octanol–water partition coefficient (Wildman–Crippen LogP) is 3.62. The maximum atomic E-state index is 13.6. The zero-order valence-electron chi connectivity index (χ0n) is 14.3. The van der Waals surface area contributed by atoms with Gasteiger partial charge in [0.2, 0.25) is 16.2 Å². The summed E-state index contributed by atoms with van der Waals surface area (Å²) in [5.41, 5.74) is -0.0797. The van der Waals surface area contributed by atoms with Gasteiger partial charge in [0, 0.05) is 0 Å². The Hall–Kier alpha value is -2.09. The Kier molecular flexibility index (Phi) is 7.30. The lowest BCUT2D eigenvalue weighted by Gasteiger charge is -2.01. The first-order valence-electron chi connectivity index (χ1n) is 7.83. The molecule has 13 heteroatoms. The molecule has 2 heterocycles. The summed E-state index contributed by atoms with van der Waals surface area (Å²) in [5.74, 6) is -0.494. The van der Waals surface area contributed by atoms with Gasteiger partial charge in [0.25, 0.3) is 5.91 Å². The van der Waals surface area contributed by atoms with Crippen LogP contribution in [0.25, 0.3) is 0 Å². The van der Waals surface area contributed by atoms with Gasteiger partial charge >= 0.3 is 0 Å². The number of nitrogens with zero attached hydrogens (tertiary/aromatic N) is 4. The molecule has 3 aromatic rings. The van der Waals surface area contributed by atoms with Crippen molar-refractivity contribution in [3.63, 3.8) is 0 Å². The highest BCUT2D eigenvalue weighted by Crippen LogP contribution is 2.27. The van der Waals surface area contributed by atoms with Gasteiger partial charge in [-0.05, 0) is 17.9 Å². The molecule has 0 unspecified atom stereocenters. The van der Waals surface area contributed by atoms with Crippen LogP contribution in [0, 0.1) is 5.82 Å². The SMILES string of the molecule is CCSc1nnc(NC(=O)CSc2nnc(NC(=O)c3ccccc3F)s2)s1. The first-order chi connectivity index (χ1) is 13.5. The molecule has 0 aliphatic heterocycles. The van der Waals surface area contributed by atoms with E-state index in [9.17, 15) is 14.0 Å². The number of carbonyl (C=O) groups excluding carboxylic acids is 2. The highest BCUT2D eigenvalue weighted by molar-refractivity contribution is 8.01. The second-order valence-electron chi connectivity index (χ2n) is 4.95. The smallest absolute Gasteiger partial charge is 0.260 e. The van der Waals surface area contributed by atoms with Crippen molar-refractivity contribution in [2.45, 2.75) is 15.6 Å². The molecule has 0 aliphatic carbocycles. The van der Waals surface area contributed by atoms with Crippen LogP contribution < -0.4 is 10.6 Å². The maximum absolute atomic E-state index is 13.6. The molecule has 0 radical (unpaired) electrons. The van der Waals surface area contributed by atoms with Crippen molar-refractivity contribution in [2.24, 2.45) is 0 Å². The molecule has 8 nitrogen and oxygen atoms in total. The molecule has 0 atom stereocenters. The quantitative estimate of drug-likeness (QED) is 0.391. The molecule has 0 saturated carbocycles. The van der Waals surface area contributed by atoms with E-state index in [4.69, 9.17) is 0 Å². The second kappa shape index (κ2) is 9.91. The van der Waals surface area contributed by atoms with E-state index >= 15 is 0 Å². The summed E-state index contributed by atoms with van der Waals surface area (Å²) in [7, 11) is 0. The third-order valence-corrected chi connectivity index (χ3v) is 6.82. The van der Waals surface area contributed by atoms with Crippen molar-refractivity contribution in [1.82, 2.24) is 20.4 Å². The number of anilines is 2. The average molecular weight is 457 g/mol. The van der Waals surface area contributed by atoms with E-state index in [-0.39, 0.29) is 22.4 Å². The molecule has 0 spiro atoms. The van der Waals surface area contributed by atoms with Gasteiger partial charge in [0.15, 0.2) is 8.68 Å². The average Bonchev–Trinajstić information content (AvgIpc) is 3.30. The fourth-order valence-electron chi connectivity index (χ4n) is 1.85. The number of hydrogen-bond acceptors (Lipinski definition) is 10. The summed E-state index contributed by atoms with van der Waals surface area (Å²) in [5, 5.41) is 21.4. The first-order valence-corrected chi connectivity index (χ1v) is 11.4. The van der Waals surface area contributed by atoms with Crippen molar-refractivity contribution in [3.8, 4) is 0 Å². The van der Waals surface area contributed by atoms with E-state index in [2.05, 4.69) is 31.0 Å². The Labute approximate surface area is 175 Å². The van der Waals surface area contributed by atoms with Crippen LogP contribution in [0.5, 0.6) is 0 Å². The highest BCUT2D eigenvalue weighted by atomic mass is 32.2. The van der Waals surface area contributed by atoms with Gasteiger partial charge < -0.3 is 0 Å². The molecular weight excluding hydrogens is 443 g/mol. The van der Waals surface area contributed by atoms with Gasteiger partial charge in [-0.1, -0.05) is 65.3 Å². The van der Waals surface area contributed by atoms with Gasteiger partial charge in [0.1, 0.15) is 5.82 Å². The zero-order chi connectivity index (χ0) is 19.9. The van der Waals surface area contributed by atoms with E-state index in [1.54, 1.807) is 17.8 Å². The van der Waals surface area contributed by atoms with Crippen molar-refractivity contribution >= 4 is 68.3 Å². The number of nitrogens with one attached hydrogen (secondary N) is 2. The summed E-state index contributed by atoms with van der Waals surface area (Å²) in [6.45, 7) is 2.01. The van der Waals surface area contributed by atoms with Crippen molar-refractivity contribution < 1.29 is 14.0 Å². The number of benzene rings is 1. The number of hydrogen-bond donors (Lipinski definition) is 2. The van der Waals surface area contributed by atoms with E-state index in [1.807, 2.05) is 6.92 Å². The number of carbonyl (C=O) groups is 2. The van der Waals surface area contributed by atoms with E-state index < -0.39 is 11.7 Å². The molecule has 28 heavy (non-hydrogen) atoms. The molecule has 146 valence electrons. The van der Waals surface area contributed by atoms with Gasteiger partial charge in [-0.15, -0.1) is 20.4 Å². The lowest BCUT2D eigenvalue weighted by molar-refractivity contribution is -0.113. The van der Waals surface area contributed by atoms with Crippen LogP contribution in [0.1, 0.15) is 17.3 Å². The largest absolute Gasteiger partial charge is 0.300 e. The van der Waals surface area contributed by atoms with E-state index in [0.717, 1.165) is 21.4 Å². The van der Waals surface area contributed by atoms with Gasteiger partial charge in [-0.2, -0.15) is 0 Å². The van der Waals surface area contributed by atoms with Crippen LogP contribution in [0.3, 0.4) is 0 Å². The summed E-state index contributed by atoms with van der Waals surface area (Å²) in [6.07, 6.45) is 0.